The van der Waals surface area contributed by atoms with Crippen molar-refractivity contribution < 1.29 is 40.7 Å². The summed E-state index contributed by atoms with van der Waals surface area (Å²) in [5.41, 5.74) is -3.72. The van der Waals surface area contributed by atoms with Crippen LogP contribution in [0.5, 0.6) is 0 Å². The van der Waals surface area contributed by atoms with Crippen LogP contribution in [0, 0.1) is 5.92 Å². The van der Waals surface area contributed by atoms with E-state index in [-0.39, 0.29) is 49.2 Å². The summed E-state index contributed by atoms with van der Waals surface area (Å²) in [7, 11) is 3.53. The summed E-state index contributed by atoms with van der Waals surface area (Å²) in [6, 6.07) is 1.20. The number of nitrogens with one attached hydrogen (secondary N) is 2. The Morgan fingerprint density at radius 1 is 0.895 bits per heavy atom. The Balaban J connectivity index is 1.43. The van der Waals surface area contributed by atoms with Gasteiger partial charge >= 0.3 is 12.4 Å². The average Bonchev–Trinajstić information content (AvgIpc) is 2.89. The molecular weight excluding hydrogens is 516 g/mol. The maximum Gasteiger partial charge on any atom is 0.416 e. The van der Waals surface area contributed by atoms with Gasteiger partial charge < -0.3 is 20.3 Å². The van der Waals surface area contributed by atoms with Crippen molar-refractivity contribution in [1.29, 1.82) is 0 Å². The molecule has 2 saturated carbocycles. The molecule has 0 bridgehead atoms. The lowest BCUT2D eigenvalue weighted by molar-refractivity contribution is -0.143. The Hall–Kier alpha value is -2.34. The van der Waals surface area contributed by atoms with Gasteiger partial charge in [0, 0.05) is 38.3 Å². The number of hydrogen-bond acceptors (Lipinski definition) is 4. The maximum absolute atomic E-state index is 13.1. The van der Waals surface area contributed by atoms with Gasteiger partial charge in [0.1, 0.15) is 0 Å². The number of amides is 2. The minimum atomic E-state index is -5.01. The molecule has 0 aliphatic heterocycles. The number of benzene rings is 1. The zero-order valence-electron chi connectivity index (χ0n) is 21.6. The van der Waals surface area contributed by atoms with Crippen molar-refractivity contribution in [1.82, 2.24) is 15.5 Å². The zero-order valence-corrected chi connectivity index (χ0v) is 21.6. The lowest BCUT2D eigenvalue weighted by Crippen LogP contribution is -2.46. The summed E-state index contributed by atoms with van der Waals surface area (Å²) in [4.78, 5) is 26.8. The summed E-state index contributed by atoms with van der Waals surface area (Å²) in [6.45, 7) is 0.374. The first-order valence-electron chi connectivity index (χ1n) is 12.9. The third-order valence-electron chi connectivity index (χ3n) is 7.71. The zero-order chi connectivity index (χ0) is 28.1. The highest BCUT2D eigenvalue weighted by atomic mass is 19.4. The number of ether oxygens (including phenoxy) is 1. The van der Waals surface area contributed by atoms with Gasteiger partial charge in [-0.3, -0.25) is 9.59 Å². The third-order valence-corrected chi connectivity index (χ3v) is 7.71. The number of halogens is 6. The highest BCUT2D eigenvalue weighted by Crippen LogP contribution is 2.36. The van der Waals surface area contributed by atoms with Gasteiger partial charge in [-0.05, 0) is 75.5 Å². The smallest absolute Gasteiger partial charge is 0.381 e. The van der Waals surface area contributed by atoms with Crippen LogP contribution in [0.1, 0.15) is 72.9 Å². The van der Waals surface area contributed by atoms with Gasteiger partial charge in [-0.2, -0.15) is 26.3 Å². The highest BCUT2D eigenvalue weighted by molar-refractivity contribution is 5.94. The monoisotopic (exact) mass is 551 g/mol. The first-order valence-corrected chi connectivity index (χ1v) is 12.9. The van der Waals surface area contributed by atoms with Crippen molar-refractivity contribution in [3.05, 3.63) is 34.9 Å². The van der Waals surface area contributed by atoms with Crippen molar-refractivity contribution in [2.24, 2.45) is 5.92 Å². The van der Waals surface area contributed by atoms with E-state index < -0.39 is 35.0 Å². The topological polar surface area (TPSA) is 70.7 Å². The van der Waals surface area contributed by atoms with Gasteiger partial charge in [0.15, 0.2) is 0 Å². The molecule has 2 aliphatic carbocycles. The van der Waals surface area contributed by atoms with Crippen molar-refractivity contribution in [2.45, 2.75) is 81.9 Å². The Bertz CT molecular complexity index is 920. The van der Waals surface area contributed by atoms with E-state index in [9.17, 15) is 35.9 Å². The number of alkyl halides is 6. The molecule has 2 aliphatic rings. The maximum atomic E-state index is 13.1. The Morgan fingerprint density at radius 3 is 1.95 bits per heavy atom. The Morgan fingerprint density at radius 2 is 1.45 bits per heavy atom. The molecule has 0 unspecified atom stereocenters. The van der Waals surface area contributed by atoms with Gasteiger partial charge in [0.2, 0.25) is 5.91 Å². The molecule has 0 spiro atoms. The van der Waals surface area contributed by atoms with Crippen molar-refractivity contribution >= 4 is 11.8 Å². The van der Waals surface area contributed by atoms with Crippen LogP contribution in [0.4, 0.5) is 26.3 Å². The molecule has 1 aromatic carbocycles. The van der Waals surface area contributed by atoms with E-state index in [4.69, 9.17) is 4.74 Å². The predicted molar refractivity (Wildman–Crippen MR) is 128 cm³/mol. The summed E-state index contributed by atoms with van der Waals surface area (Å²) >= 11 is 0. The second-order valence-electron chi connectivity index (χ2n) is 10.3. The molecule has 38 heavy (non-hydrogen) atoms. The fourth-order valence-electron chi connectivity index (χ4n) is 5.22. The van der Waals surface area contributed by atoms with E-state index in [2.05, 4.69) is 10.6 Å². The van der Waals surface area contributed by atoms with E-state index in [1.165, 1.54) is 0 Å². The van der Waals surface area contributed by atoms with Crippen LogP contribution in [0.2, 0.25) is 0 Å². The molecule has 6 nitrogen and oxygen atoms in total. The molecule has 1 aromatic rings. The molecule has 214 valence electrons. The Labute approximate surface area is 218 Å². The van der Waals surface area contributed by atoms with Crippen molar-refractivity contribution in [2.75, 3.05) is 27.2 Å². The van der Waals surface area contributed by atoms with Crippen molar-refractivity contribution in [3.8, 4) is 0 Å². The van der Waals surface area contributed by atoms with Crippen LogP contribution in [-0.4, -0.2) is 62.1 Å². The fourth-order valence-corrected chi connectivity index (χ4v) is 5.22. The van der Waals surface area contributed by atoms with Crippen LogP contribution in [0.15, 0.2) is 18.2 Å². The first-order chi connectivity index (χ1) is 17.8. The molecular formula is C26H35F6N3O3. The number of methoxy groups -OCH3 is 1. The van der Waals surface area contributed by atoms with Gasteiger partial charge in [0.25, 0.3) is 5.91 Å². The molecule has 0 saturated heterocycles. The first kappa shape index (κ1) is 30.2. The SMILES string of the molecule is CO[C@H]1CC[C@H](N(C)C(=O)CNC2CCC(CNC(=O)c3cc(C(F)(F)F)cc(C(F)(F)F)c3)CC2)CC1. The molecule has 2 amide bonds. The predicted octanol–water partition coefficient (Wildman–Crippen LogP) is 5.02. The van der Waals surface area contributed by atoms with E-state index in [1.807, 2.05) is 7.05 Å². The second kappa shape index (κ2) is 12.7. The summed E-state index contributed by atoms with van der Waals surface area (Å²) in [6.07, 6.45) is -3.16. The summed E-state index contributed by atoms with van der Waals surface area (Å²) < 4.78 is 83.7. The summed E-state index contributed by atoms with van der Waals surface area (Å²) in [5.74, 6) is -0.909. The number of carbonyl (C=O) groups is 2. The third kappa shape index (κ3) is 8.33. The quantitative estimate of drug-likeness (QED) is 0.446. The van der Waals surface area contributed by atoms with E-state index >= 15 is 0 Å². The van der Waals surface area contributed by atoms with Crippen LogP contribution in [0.25, 0.3) is 0 Å². The van der Waals surface area contributed by atoms with E-state index in [1.54, 1.807) is 12.0 Å². The van der Waals surface area contributed by atoms with Gasteiger partial charge in [-0.1, -0.05) is 0 Å². The van der Waals surface area contributed by atoms with Crippen LogP contribution < -0.4 is 10.6 Å². The number of carbonyl (C=O) groups excluding carboxylic acids is 2. The largest absolute Gasteiger partial charge is 0.416 e. The molecule has 0 aromatic heterocycles. The fraction of sp³-hybridized carbons (Fsp3) is 0.692. The molecule has 0 radical (unpaired) electrons. The van der Waals surface area contributed by atoms with E-state index in [0.29, 0.717) is 25.0 Å². The Kier molecular flexibility index (Phi) is 10.1. The van der Waals surface area contributed by atoms with E-state index in [0.717, 1.165) is 38.5 Å². The molecule has 3 rings (SSSR count). The molecule has 0 atom stereocenters. The number of rotatable bonds is 8. The van der Waals surface area contributed by atoms with Crippen LogP contribution in [0.3, 0.4) is 0 Å². The number of hydrogen-bond donors (Lipinski definition) is 2. The summed E-state index contributed by atoms with van der Waals surface area (Å²) in [5, 5.41) is 5.78. The van der Waals surface area contributed by atoms with Crippen molar-refractivity contribution in [3.63, 3.8) is 0 Å². The molecule has 0 heterocycles. The number of likely N-dealkylation sites (N-methyl/N-ethyl adjacent to an activating group) is 1. The average molecular weight is 552 g/mol. The minimum Gasteiger partial charge on any atom is -0.381 e. The lowest BCUT2D eigenvalue weighted by atomic mass is 9.86. The lowest BCUT2D eigenvalue weighted by Gasteiger charge is -2.35. The molecule has 12 heteroatoms. The minimum absolute atomic E-state index is 0.000589. The van der Waals surface area contributed by atoms with Crippen LogP contribution in [-0.2, 0) is 21.9 Å². The highest BCUT2D eigenvalue weighted by Gasteiger charge is 2.37. The molecule has 2 N–H and O–H groups in total. The van der Waals surface area contributed by atoms with Gasteiger partial charge in [-0.15, -0.1) is 0 Å². The second-order valence-corrected chi connectivity index (χ2v) is 10.3. The van der Waals surface area contributed by atoms with Gasteiger partial charge in [0.05, 0.1) is 23.8 Å². The van der Waals surface area contributed by atoms with Gasteiger partial charge in [-0.25, -0.2) is 0 Å². The standard InChI is InChI=1S/C26H35F6N3O3/c1-35(21-7-9-22(38-2)10-8-21)23(36)15-33-20-5-3-16(4-6-20)14-34-24(37)17-11-18(25(27,28)29)13-19(12-17)26(30,31)32/h11-13,16,20-22,33H,3-10,14-15H2,1-2H3,(H,34,37)/t16?,20?,21-,22-. The normalized spacial score (nSPS) is 24.6. The molecule has 2 fully saturated rings. The number of nitrogens with zero attached hydrogens (tertiary/aromatic N) is 1. The van der Waals surface area contributed by atoms with Crippen LogP contribution >= 0.6 is 0 Å².